The molecular formula is C28H58BrNO2. The van der Waals surface area contributed by atoms with Crippen LogP contribution in [0.4, 0.5) is 0 Å². The van der Waals surface area contributed by atoms with Crippen molar-refractivity contribution in [3.05, 3.63) is 0 Å². The molecule has 0 radical (unpaired) electrons. The zero-order chi connectivity index (χ0) is 23.0. The average molecular weight is 521 g/mol. The first-order valence-electron chi connectivity index (χ1n) is 14.0. The molecule has 0 saturated heterocycles. The van der Waals surface area contributed by atoms with Gasteiger partial charge in [0.1, 0.15) is 6.04 Å². The molecule has 0 saturated carbocycles. The van der Waals surface area contributed by atoms with Crippen molar-refractivity contribution < 1.29 is 9.90 Å². The maximum absolute atomic E-state index is 11.1. The Kier molecular flexibility index (Phi) is 28.9. The maximum atomic E-state index is 11.1. The Balaban J connectivity index is 0. The van der Waals surface area contributed by atoms with E-state index < -0.39 is 5.97 Å². The van der Waals surface area contributed by atoms with Gasteiger partial charge in [-0.05, 0) is 20.5 Å². The van der Waals surface area contributed by atoms with Crippen LogP contribution in [0.3, 0.4) is 0 Å². The van der Waals surface area contributed by atoms with E-state index in [2.05, 4.69) is 6.92 Å². The number of hydrogen-bond acceptors (Lipinski definition) is 2. The molecule has 4 heteroatoms. The number of halogens is 1. The van der Waals surface area contributed by atoms with Crippen LogP contribution in [0.15, 0.2) is 0 Å². The van der Waals surface area contributed by atoms with Crippen LogP contribution in [0.2, 0.25) is 0 Å². The van der Waals surface area contributed by atoms with Gasteiger partial charge in [0, 0.05) is 0 Å². The fourth-order valence-electron chi connectivity index (χ4n) is 4.55. The smallest absolute Gasteiger partial charge is 0.320 e. The summed E-state index contributed by atoms with van der Waals surface area (Å²) >= 11 is 0. The second kappa shape index (κ2) is 27.2. The lowest BCUT2D eigenvalue weighted by Gasteiger charge is -2.19. The molecule has 0 aromatic rings. The predicted octanol–water partition coefficient (Wildman–Crippen LogP) is 9.57. The molecule has 0 heterocycles. The third kappa shape index (κ3) is 24.6. The zero-order valence-electron chi connectivity index (χ0n) is 22.1. The van der Waals surface area contributed by atoms with Crippen LogP contribution in [-0.4, -0.2) is 36.1 Å². The lowest BCUT2D eigenvalue weighted by molar-refractivity contribution is -0.142. The fraction of sp³-hybridized carbons (Fsp3) is 0.964. The molecule has 3 nitrogen and oxygen atoms in total. The summed E-state index contributed by atoms with van der Waals surface area (Å²) in [7, 11) is 3.72. The van der Waals surface area contributed by atoms with Gasteiger partial charge in [0.05, 0.1) is 0 Å². The third-order valence-electron chi connectivity index (χ3n) is 6.74. The zero-order valence-corrected chi connectivity index (χ0v) is 23.8. The first-order chi connectivity index (χ1) is 15.1. The van der Waals surface area contributed by atoms with Crippen molar-refractivity contribution in [1.29, 1.82) is 0 Å². The monoisotopic (exact) mass is 519 g/mol. The quantitative estimate of drug-likeness (QED) is 0.122. The second-order valence-corrected chi connectivity index (χ2v) is 10.0. The molecule has 0 aromatic heterocycles. The summed E-state index contributed by atoms with van der Waals surface area (Å²) in [6.07, 6.45) is 31.4. The number of carbonyl (C=O) groups is 1. The van der Waals surface area contributed by atoms with E-state index in [0.29, 0.717) is 0 Å². The van der Waals surface area contributed by atoms with Crippen molar-refractivity contribution in [2.75, 3.05) is 14.1 Å². The number of aliphatic carboxylic acids is 1. The van der Waals surface area contributed by atoms with E-state index in [0.717, 1.165) is 12.8 Å². The van der Waals surface area contributed by atoms with Gasteiger partial charge >= 0.3 is 5.97 Å². The first-order valence-corrected chi connectivity index (χ1v) is 14.0. The van der Waals surface area contributed by atoms with Crippen LogP contribution in [0, 0.1) is 0 Å². The van der Waals surface area contributed by atoms with Gasteiger partial charge in [-0.25, -0.2) is 0 Å². The van der Waals surface area contributed by atoms with Gasteiger partial charge in [-0.1, -0.05) is 148 Å². The van der Waals surface area contributed by atoms with Gasteiger partial charge in [-0.2, -0.15) is 0 Å². The number of likely N-dealkylation sites (N-methyl/N-ethyl adjacent to an activating group) is 1. The number of nitrogens with zero attached hydrogens (tertiary/aromatic N) is 1. The maximum Gasteiger partial charge on any atom is 0.320 e. The van der Waals surface area contributed by atoms with E-state index in [4.69, 9.17) is 0 Å². The van der Waals surface area contributed by atoms with Gasteiger partial charge in [0.15, 0.2) is 0 Å². The number of hydrogen-bond donors (Lipinski definition) is 1. The van der Waals surface area contributed by atoms with E-state index in [1.807, 2.05) is 19.0 Å². The number of carboxylic acid groups (broad SMARTS) is 1. The van der Waals surface area contributed by atoms with E-state index in [-0.39, 0.29) is 23.0 Å². The molecule has 0 aliphatic heterocycles. The normalized spacial score (nSPS) is 12.1. The van der Waals surface area contributed by atoms with E-state index in [9.17, 15) is 9.90 Å². The lowest BCUT2D eigenvalue weighted by Crippen LogP contribution is -2.35. The fourth-order valence-corrected chi connectivity index (χ4v) is 4.55. The number of carboxylic acids is 1. The minimum atomic E-state index is -0.687. The molecule has 0 amide bonds. The van der Waals surface area contributed by atoms with Crippen LogP contribution < -0.4 is 0 Å². The van der Waals surface area contributed by atoms with E-state index in [1.165, 1.54) is 135 Å². The van der Waals surface area contributed by atoms with Gasteiger partial charge in [0.2, 0.25) is 0 Å². The van der Waals surface area contributed by atoms with Gasteiger partial charge in [0.25, 0.3) is 0 Å². The molecule has 0 aromatic carbocycles. The summed E-state index contributed by atoms with van der Waals surface area (Å²) in [4.78, 5) is 13.0. The van der Waals surface area contributed by atoms with Crippen LogP contribution in [-0.2, 0) is 4.79 Å². The molecule has 0 aliphatic carbocycles. The lowest BCUT2D eigenvalue weighted by atomic mass is 10.0. The molecule has 0 spiro atoms. The Morgan fingerprint density at radius 2 is 0.812 bits per heavy atom. The molecule has 1 atom stereocenters. The summed E-state index contributed by atoms with van der Waals surface area (Å²) in [5.41, 5.74) is 0. The third-order valence-corrected chi connectivity index (χ3v) is 6.74. The highest BCUT2D eigenvalue weighted by molar-refractivity contribution is 8.93. The largest absolute Gasteiger partial charge is 0.480 e. The molecule has 0 rings (SSSR count). The Hall–Kier alpha value is -0.0900. The van der Waals surface area contributed by atoms with Crippen molar-refractivity contribution in [3.8, 4) is 0 Å². The van der Waals surface area contributed by atoms with Crippen LogP contribution in [0.25, 0.3) is 0 Å². The van der Waals surface area contributed by atoms with Crippen LogP contribution >= 0.6 is 17.0 Å². The minimum Gasteiger partial charge on any atom is -0.480 e. The Morgan fingerprint density at radius 3 is 1.03 bits per heavy atom. The molecular weight excluding hydrogens is 462 g/mol. The van der Waals surface area contributed by atoms with Gasteiger partial charge < -0.3 is 5.11 Å². The highest BCUT2D eigenvalue weighted by Gasteiger charge is 2.18. The van der Waals surface area contributed by atoms with Crippen LogP contribution in [0.5, 0.6) is 0 Å². The Morgan fingerprint density at radius 1 is 0.562 bits per heavy atom. The second-order valence-electron chi connectivity index (χ2n) is 10.0. The molecule has 0 aliphatic rings. The number of unbranched alkanes of at least 4 members (excludes halogenated alkanes) is 21. The average Bonchev–Trinajstić information content (AvgIpc) is 2.73. The van der Waals surface area contributed by atoms with E-state index >= 15 is 0 Å². The first kappa shape index (κ1) is 34.1. The predicted molar refractivity (Wildman–Crippen MR) is 147 cm³/mol. The SMILES string of the molecule is Br.CCCCCCCCCCCCCCCCCCCCCCCCC(C(=O)O)N(C)C. The standard InChI is InChI=1S/C28H57NO2.BrH/c1-4-5-6-7-8-9-10-11-12-13-14-15-16-17-18-19-20-21-22-23-24-25-26-27(28(30)31)29(2)3;/h27H,4-26H2,1-3H3,(H,30,31);1H. The molecule has 194 valence electrons. The molecule has 0 fully saturated rings. The van der Waals surface area contributed by atoms with Gasteiger partial charge in [-0.15, -0.1) is 17.0 Å². The van der Waals surface area contributed by atoms with Crippen molar-refractivity contribution in [1.82, 2.24) is 4.90 Å². The molecule has 1 unspecified atom stereocenters. The minimum absolute atomic E-state index is 0. The van der Waals surface area contributed by atoms with Gasteiger partial charge in [-0.3, -0.25) is 9.69 Å². The highest BCUT2D eigenvalue weighted by atomic mass is 79.9. The number of rotatable bonds is 25. The summed E-state index contributed by atoms with van der Waals surface area (Å²) < 4.78 is 0. The Labute approximate surface area is 212 Å². The molecule has 0 bridgehead atoms. The highest BCUT2D eigenvalue weighted by Crippen LogP contribution is 2.16. The van der Waals surface area contributed by atoms with Crippen molar-refractivity contribution in [2.45, 2.75) is 161 Å². The molecule has 1 N–H and O–H groups in total. The summed E-state index contributed by atoms with van der Waals surface area (Å²) in [5, 5.41) is 9.17. The summed E-state index contributed by atoms with van der Waals surface area (Å²) in [6.45, 7) is 2.29. The van der Waals surface area contributed by atoms with Crippen LogP contribution in [0.1, 0.15) is 155 Å². The van der Waals surface area contributed by atoms with Crippen molar-refractivity contribution >= 4 is 23.0 Å². The molecule has 32 heavy (non-hydrogen) atoms. The topological polar surface area (TPSA) is 40.5 Å². The van der Waals surface area contributed by atoms with Crippen molar-refractivity contribution in [3.63, 3.8) is 0 Å². The van der Waals surface area contributed by atoms with E-state index in [1.54, 1.807) is 0 Å². The summed E-state index contributed by atoms with van der Waals surface area (Å²) in [5.74, 6) is -0.687. The Bertz CT molecular complexity index is 376. The summed E-state index contributed by atoms with van der Waals surface area (Å²) in [6, 6.07) is -0.315. The van der Waals surface area contributed by atoms with Crippen molar-refractivity contribution in [2.24, 2.45) is 0 Å².